The highest BCUT2D eigenvalue weighted by molar-refractivity contribution is 5.99. The van der Waals surface area contributed by atoms with Gasteiger partial charge < -0.3 is 9.47 Å². The summed E-state index contributed by atoms with van der Waals surface area (Å²) < 4.78 is 10.1. The molecular formula is C18H34O4. The summed E-state index contributed by atoms with van der Waals surface area (Å²) >= 11 is 0. The maximum Gasteiger partial charge on any atom is 0.323 e. The standard InChI is InChI=1S/C18H34O4/c1-5-8-9-10-11-12-13-14-15-18(4,16(19)21-6-2)17(20)22-7-3/h5-15H2,1-4H3. The first kappa shape index (κ1) is 20.9. The Labute approximate surface area is 135 Å². The summed E-state index contributed by atoms with van der Waals surface area (Å²) in [6.07, 6.45) is 9.94. The highest BCUT2D eigenvalue weighted by Crippen LogP contribution is 2.28. The van der Waals surface area contributed by atoms with Crippen LogP contribution in [0.4, 0.5) is 0 Å². The molecule has 130 valence electrons. The van der Waals surface area contributed by atoms with Crippen LogP contribution in [0.5, 0.6) is 0 Å². The van der Waals surface area contributed by atoms with Crippen LogP contribution in [0.15, 0.2) is 0 Å². The highest BCUT2D eigenvalue weighted by Gasteiger charge is 2.43. The Kier molecular flexibility index (Phi) is 11.9. The fourth-order valence-corrected chi connectivity index (χ4v) is 2.48. The average Bonchev–Trinajstić information content (AvgIpc) is 2.50. The van der Waals surface area contributed by atoms with E-state index < -0.39 is 17.4 Å². The summed E-state index contributed by atoms with van der Waals surface area (Å²) in [7, 11) is 0. The first-order valence-corrected chi connectivity index (χ1v) is 8.87. The van der Waals surface area contributed by atoms with Gasteiger partial charge in [0.1, 0.15) is 0 Å². The molecule has 0 amide bonds. The van der Waals surface area contributed by atoms with Gasteiger partial charge in [-0.2, -0.15) is 0 Å². The van der Waals surface area contributed by atoms with Gasteiger partial charge >= 0.3 is 11.9 Å². The fourth-order valence-electron chi connectivity index (χ4n) is 2.48. The number of hydrogen-bond acceptors (Lipinski definition) is 4. The molecule has 0 aliphatic heterocycles. The number of hydrogen-bond donors (Lipinski definition) is 0. The summed E-state index contributed by atoms with van der Waals surface area (Å²) in [4.78, 5) is 24.2. The van der Waals surface area contributed by atoms with E-state index in [1.54, 1.807) is 20.8 Å². The van der Waals surface area contributed by atoms with Crippen LogP contribution in [0, 0.1) is 5.41 Å². The van der Waals surface area contributed by atoms with Crippen LogP contribution >= 0.6 is 0 Å². The minimum Gasteiger partial charge on any atom is -0.465 e. The van der Waals surface area contributed by atoms with Crippen molar-refractivity contribution in [2.24, 2.45) is 5.41 Å². The first-order chi connectivity index (χ1) is 10.5. The summed E-state index contributed by atoms with van der Waals surface area (Å²) in [5, 5.41) is 0. The van der Waals surface area contributed by atoms with Crippen LogP contribution < -0.4 is 0 Å². The first-order valence-electron chi connectivity index (χ1n) is 8.87. The number of unbranched alkanes of at least 4 members (excludes halogenated alkanes) is 7. The molecule has 0 aromatic heterocycles. The number of carbonyl (C=O) groups is 2. The van der Waals surface area contributed by atoms with Crippen LogP contribution in [0.2, 0.25) is 0 Å². The molecule has 0 radical (unpaired) electrons. The molecule has 0 bridgehead atoms. The van der Waals surface area contributed by atoms with E-state index in [1.165, 1.54) is 32.1 Å². The van der Waals surface area contributed by atoms with Gasteiger partial charge in [0.2, 0.25) is 0 Å². The molecule has 0 heterocycles. The van der Waals surface area contributed by atoms with Crippen LogP contribution in [0.1, 0.15) is 85.5 Å². The van der Waals surface area contributed by atoms with Gasteiger partial charge in [-0.15, -0.1) is 0 Å². The predicted molar refractivity (Wildman–Crippen MR) is 88.6 cm³/mol. The molecule has 0 aliphatic carbocycles. The van der Waals surface area contributed by atoms with Crippen molar-refractivity contribution in [2.75, 3.05) is 13.2 Å². The second-order valence-corrected chi connectivity index (χ2v) is 6.00. The van der Waals surface area contributed by atoms with Crippen molar-refractivity contribution in [3.8, 4) is 0 Å². The van der Waals surface area contributed by atoms with E-state index in [1.807, 2.05) is 0 Å². The van der Waals surface area contributed by atoms with Gasteiger partial charge in [0.25, 0.3) is 0 Å². The summed E-state index contributed by atoms with van der Waals surface area (Å²) in [5.74, 6) is -0.923. The Hall–Kier alpha value is -1.06. The maximum atomic E-state index is 12.1. The maximum absolute atomic E-state index is 12.1. The molecule has 0 spiro atoms. The topological polar surface area (TPSA) is 52.6 Å². The Morgan fingerprint density at radius 1 is 0.727 bits per heavy atom. The van der Waals surface area contributed by atoms with Gasteiger partial charge in [0.05, 0.1) is 13.2 Å². The smallest absolute Gasteiger partial charge is 0.323 e. The predicted octanol–water partition coefficient (Wildman–Crippen LogP) is 4.65. The lowest BCUT2D eigenvalue weighted by molar-refractivity contribution is -0.171. The molecule has 0 fully saturated rings. The third kappa shape index (κ3) is 7.81. The van der Waals surface area contributed by atoms with Crippen molar-refractivity contribution in [1.82, 2.24) is 0 Å². The molecule has 0 aromatic rings. The van der Waals surface area contributed by atoms with Crippen molar-refractivity contribution < 1.29 is 19.1 Å². The summed E-state index contributed by atoms with van der Waals surface area (Å²) in [5.41, 5.74) is -1.16. The van der Waals surface area contributed by atoms with Gasteiger partial charge in [0, 0.05) is 0 Å². The fraction of sp³-hybridized carbons (Fsp3) is 0.889. The van der Waals surface area contributed by atoms with Gasteiger partial charge in [-0.25, -0.2) is 0 Å². The van der Waals surface area contributed by atoms with E-state index in [9.17, 15) is 9.59 Å². The second kappa shape index (κ2) is 12.5. The van der Waals surface area contributed by atoms with Crippen molar-refractivity contribution in [2.45, 2.75) is 85.5 Å². The van der Waals surface area contributed by atoms with Gasteiger partial charge in [-0.1, -0.05) is 58.3 Å². The third-order valence-electron chi connectivity index (χ3n) is 3.98. The Morgan fingerprint density at radius 2 is 1.14 bits per heavy atom. The summed E-state index contributed by atoms with van der Waals surface area (Å²) in [6.45, 7) is 7.92. The minimum absolute atomic E-state index is 0.283. The van der Waals surface area contributed by atoms with Crippen LogP contribution in [-0.2, 0) is 19.1 Å². The molecular weight excluding hydrogens is 280 g/mol. The number of carbonyl (C=O) groups excluding carboxylic acids is 2. The second-order valence-electron chi connectivity index (χ2n) is 6.00. The van der Waals surface area contributed by atoms with Gasteiger partial charge in [-0.05, 0) is 27.2 Å². The highest BCUT2D eigenvalue weighted by atomic mass is 16.6. The number of rotatable bonds is 13. The van der Waals surface area contributed by atoms with Crippen LogP contribution in [0.3, 0.4) is 0 Å². The number of ether oxygens (including phenoxy) is 2. The molecule has 0 saturated heterocycles. The lowest BCUT2D eigenvalue weighted by Gasteiger charge is -2.24. The van der Waals surface area contributed by atoms with E-state index in [-0.39, 0.29) is 13.2 Å². The van der Waals surface area contributed by atoms with Crippen LogP contribution in [0.25, 0.3) is 0 Å². The largest absolute Gasteiger partial charge is 0.465 e. The average molecular weight is 314 g/mol. The molecule has 4 nitrogen and oxygen atoms in total. The molecule has 0 atom stereocenters. The van der Waals surface area contributed by atoms with E-state index in [0.29, 0.717) is 6.42 Å². The zero-order valence-corrected chi connectivity index (χ0v) is 14.9. The van der Waals surface area contributed by atoms with Crippen molar-refractivity contribution >= 4 is 11.9 Å². The van der Waals surface area contributed by atoms with Crippen molar-refractivity contribution in [1.29, 1.82) is 0 Å². The normalized spacial score (nSPS) is 11.3. The quantitative estimate of drug-likeness (QED) is 0.282. The van der Waals surface area contributed by atoms with E-state index in [4.69, 9.17) is 9.47 Å². The molecule has 0 unspecified atom stereocenters. The Morgan fingerprint density at radius 3 is 1.55 bits per heavy atom. The molecule has 0 rings (SSSR count). The molecule has 0 aromatic carbocycles. The van der Waals surface area contributed by atoms with Crippen LogP contribution in [-0.4, -0.2) is 25.2 Å². The van der Waals surface area contributed by atoms with Crippen molar-refractivity contribution in [3.63, 3.8) is 0 Å². The zero-order chi connectivity index (χ0) is 16.8. The monoisotopic (exact) mass is 314 g/mol. The van der Waals surface area contributed by atoms with E-state index >= 15 is 0 Å². The Balaban J connectivity index is 4.19. The molecule has 22 heavy (non-hydrogen) atoms. The minimum atomic E-state index is -1.16. The number of esters is 2. The molecule has 0 saturated carbocycles. The molecule has 0 aliphatic rings. The van der Waals surface area contributed by atoms with Gasteiger partial charge in [-0.3, -0.25) is 9.59 Å². The third-order valence-corrected chi connectivity index (χ3v) is 3.98. The van der Waals surface area contributed by atoms with Gasteiger partial charge in [0.15, 0.2) is 5.41 Å². The SMILES string of the molecule is CCCCCCCCCCC(C)(C(=O)OCC)C(=O)OCC. The van der Waals surface area contributed by atoms with E-state index in [0.717, 1.165) is 19.3 Å². The van der Waals surface area contributed by atoms with E-state index in [2.05, 4.69) is 6.92 Å². The lowest BCUT2D eigenvalue weighted by atomic mass is 9.84. The van der Waals surface area contributed by atoms with Crippen molar-refractivity contribution in [3.05, 3.63) is 0 Å². The molecule has 4 heteroatoms. The summed E-state index contributed by atoms with van der Waals surface area (Å²) in [6, 6.07) is 0. The zero-order valence-electron chi connectivity index (χ0n) is 14.9. The Bertz CT molecular complexity index is 294. The molecule has 0 N–H and O–H groups in total. The lowest BCUT2D eigenvalue weighted by Crippen LogP contribution is -2.39.